The van der Waals surface area contributed by atoms with Crippen LogP contribution < -0.4 is 10.6 Å². The van der Waals surface area contributed by atoms with E-state index in [2.05, 4.69) is 53.7 Å². The number of benzene rings is 2. The number of H-pyrrole nitrogens is 1. The maximum absolute atomic E-state index is 12.2. The van der Waals surface area contributed by atoms with Crippen LogP contribution in [0.5, 0.6) is 0 Å². The van der Waals surface area contributed by atoms with Crippen LogP contribution in [0.2, 0.25) is 0 Å². The normalized spacial score (nSPS) is 12.4. The van der Waals surface area contributed by atoms with Crippen molar-refractivity contribution >= 4 is 16.8 Å². The zero-order valence-corrected chi connectivity index (χ0v) is 15.5. The highest BCUT2D eigenvalue weighted by molar-refractivity contribution is 5.83. The molecule has 1 heterocycles. The van der Waals surface area contributed by atoms with Crippen molar-refractivity contribution < 1.29 is 4.79 Å². The van der Waals surface area contributed by atoms with E-state index >= 15 is 0 Å². The van der Waals surface area contributed by atoms with Crippen molar-refractivity contribution in [3.63, 3.8) is 0 Å². The zero-order chi connectivity index (χ0) is 18.4. The summed E-state index contributed by atoms with van der Waals surface area (Å²) in [5, 5.41) is 7.63. The van der Waals surface area contributed by atoms with Crippen LogP contribution in [0.1, 0.15) is 31.0 Å². The Labute approximate surface area is 155 Å². The molecule has 1 atom stereocenters. The van der Waals surface area contributed by atoms with Gasteiger partial charge >= 0.3 is 0 Å². The fraction of sp³-hybridized carbons (Fsp3) is 0.318. The average molecular weight is 349 g/mol. The number of hydrogen-bond acceptors (Lipinski definition) is 2. The molecule has 1 aromatic heterocycles. The molecule has 4 heteroatoms. The topological polar surface area (TPSA) is 56.9 Å². The van der Waals surface area contributed by atoms with Gasteiger partial charge < -0.3 is 15.6 Å². The van der Waals surface area contributed by atoms with E-state index < -0.39 is 0 Å². The molecule has 0 saturated carbocycles. The van der Waals surface area contributed by atoms with Gasteiger partial charge in [-0.3, -0.25) is 4.79 Å². The molecule has 0 spiro atoms. The smallest absolute Gasteiger partial charge is 0.233 e. The van der Waals surface area contributed by atoms with Gasteiger partial charge in [0.05, 0.1) is 6.54 Å². The number of rotatable bonds is 8. The maximum atomic E-state index is 12.2. The summed E-state index contributed by atoms with van der Waals surface area (Å²) >= 11 is 0. The molecule has 4 nitrogen and oxygen atoms in total. The minimum absolute atomic E-state index is 0.0337. The number of carbonyl (C=O) groups is 1. The summed E-state index contributed by atoms with van der Waals surface area (Å²) < 4.78 is 0. The van der Waals surface area contributed by atoms with E-state index in [4.69, 9.17) is 0 Å². The van der Waals surface area contributed by atoms with E-state index in [-0.39, 0.29) is 11.9 Å². The summed E-state index contributed by atoms with van der Waals surface area (Å²) in [6.07, 6.45) is 2.85. The lowest BCUT2D eigenvalue weighted by molar-refractivity contribution is -0.120. The third-order valence-corrected chi connectivity index (χ3v) is 4.70. The Hall–Kier alpha value is -2.59. The molecule has 0 radical (unpaired) electrons. The molecular formula is C22H27N3O. The minimum atomic E-state index is 0.0337. The molecule has 0 unspecified atom stereocenters. The van der Waals surface area contributed by atoms with Crippen molar-refractivity contribution in [2.45, 2.75) is 26.3 Å². The summed E-state index contributed by atoms with van der Waals surface area (Å²) in [6.45, 7) is 5.30. The second-order valence-corrected chi connectivity index (χ2v) is 6.97. The second-order valence-electron chi connectivity index (χ2n) is 6.97. The number of fused-ring (bicyclic) bond motifs is 1. The van der Waals surface area contributed by atoms with E-state index in [1.807, 2.05) is 36.5 Å². The Kier molecular flexibility index (Phi) is 6.08. The summed E-state index contributed by atoms with van der Waals surface area (Å²) in [7, 11) is 0. The van der Waals surface area contributed by atoms with Crippen molar-refractivity contribution in [3.05, 3.63) is 71.9 Å². The molecule has 3 aromatic rings. The highest BCUT2D eigenvalue weighted by Gasteiger charge is 2.16. The van der Waals surface area contributed by atoms with Crippen molar-refractivity contribution in [3.8, 4) is 0 Å². The van der Waals surface area contributed by atoms with Gasteiger partial charge in [-0.1, -0.05) is 62.4 Å². The van der Waals surface area contributed by atoms with Crippen LogP contribution in [0.3, 0.4) is 0 Å². The first-order valence-corrected chi connectivity index (χ1v) is 9.25. The number of aromatic amines is 1. The molecule has 0 aliphatic heterocycles. The first-order chi connectivity index (χ1) is 12.6. The van der Waals surface area contributed by atoms with E-state index in [0.717, 1.165) is 11.9 Å². The van der Waals surface area contributed by atoms with Gasteiger partial charge in [-0.05, 0) is 29.5 Å². The highest BCUT2D eigenvalue weighted by Crippen LogP contribution is 2.21. The van der Waals surface area contributed by atoms with Crippen molar-refractivity contribution in [2.75, 3.05) is 13.1 Å². The van der Waals surface area contributed by atoms with Gasteiger partial charge in [0.15, 0.2) is 0 Å². The van der Waals surface area contributed by atoms with E-state index in [0.29, 0.717) is 19.0 Å². The maximum Gasteiger partial charge on any atom is 0.233 e. The number of para-hydroxylation sites is 1. The fourth-order valence-corrected chi connectivity index (χ4v) is 3.34. The predicted octanol–water partition coefficient (Wildman–Crippen LogP) is 3.81. The van der Waals surface area contributed by atoms with E-state index in [9.17, 15) is 4.79 Å². The molecule has 0 bridgehead atoms. The van der Waals surface area contributed by atoms with E-state index in [1.165, 1.54) is 16.5 Å². The molecule has 136 valence electrons. The Morgan fingerprint density at radius 2 is 1.77 bits per heavy atom. The lowest BCUT2D eigenvalue weighted by Crippen LogP contribution is -2.38. The van der Waals surface area contributed by atoms with Gasteiger partial charge in [0.2, 0.25) is 5.91 Å². The van der Waals surface area contributed by atoms with Gasteiger partial charge in [0.25, 0.3) is 0 Å². The summed E-state index contributed by atoms with van der Waals surface area (Å²) in [5.41, 5.74) is 3.59. The number of nitrogens with one attached hydrogen (secondary N) is 3. The lowest BCUT2D eigenvalue weighted by atomic mass is 9.96. The third kappa shape index (κ3) is 4.52. The molecule has 0 fully saturated rings. The van der Waals surface area contributed by atoms with Gasteiger partial charge in [-0.15, -0.1) is 0 Å². The Morgan fingerprint density at radius 1 is 1.04 bits per heavy atom. The molecule has 0 aliphatic carbocycles. The van der Waals surface area contributed by atoms with Crippen LogP contribution in [-0.4, -0.2) is 24.0 Å². The quantitative estimate of drug-likeness (QED) is 0.579. The number of carbonyl (C=O) groups excluding carboxylic acids is 1. The standard InChI is InChI=1S/C22H27N3O/c1-16(2)22(17-8-4-3-5-9-17)25-15-21(26)23-13-12-18-14-24-20-11-7-6-10-19(18)20/h3-11,14,16,22,24-25H,12-13,15H2,1-2H3,(H,23,26)/t22-/m0/s1. The first-order valence-electron chi connectivity index (χ1n) is 9.25. The van der Waals surface area contributed by atoms with Crippen molar-refractivity contribution in [2.24, 2.45) is 5.92 Å². The summed E-state index contributed by atoms with van der Waals surface area (Å²) in [4.78, 5) is 15.5. The molecule has 1 amide bonds. The molecule has 3 rings (SSSR count). The van der Waals surface area contributed by atoms with Gasteiger partial charge in [-0.25, -0.2) is 0 Å². The van der Waals surface area contributed by atoms with Gasteiger partial charge in [-0.2, -0.15) is 0 Å². The van der Waals surface area contributed by atoms with Crippen LogP contribution in [0.4, 0.5) is 0 Å². The van der Waals surface area contributed by atoms with Crippen LogP contribution in [0.25, 0.3) is 10.9 Å². The SMILES string of the molecule is CC(C)[C@H](NCC(=O)NCCc1c[nH]c2ccccc12)c1ccccc1. The molecule has 3 N–H and O–H groups in total. The largest absolute Gasteiger partial charge is 0.361 e. The molecule has 2 aromatic carbocycles. The van der Waals surface area contributed by atoms with Crippen LogP contribution >= 0.6 is 0 Å². The second kappa shape index (κ2) is 8.68. The fourth-order valence-electron chi connectivity index (χ4n) is 3.34. The van der Waals surface area contributed by atoms with Crippen LogP contribution in [-0.2, 0) is 11.2 Å². The van der Waals surface area contributed by atoms with E-state index in [1.54, 1.807) is 0 Å². The summed E-state index contributed by atoms with van der Waals surface area (Å²) in [6, 6.07) is 18.7. The van der Waals surface area contributed by atoms with Gasteiger partial charge in [0.1, 0.15) is 0 Å². The molecular weight excluding hydrogens is 322 g/mol. The highest BCUT2D eigenvalue weighted by atomic mass is 16.1. The Balaban J connectivity index is 1.48. The predicted molar refractivity (Wildman–Crippen MR) is 107 cm³/mol. The van der Waals surface area contributed by atoms with Gasteiger partial charge in [0, 0.05) is 29.7 Å². The molecule has 0 saturated heterocycles. The third-order valence-electron chi connectivity index (χ3n) is 4.70. The number of aromatic nitrogens is 1. The number of amides is 1. The average Bonchev–Trinajstić information content (AvgIpc) is 3.06. The summed E-state index contributed by atoms with van der Waals surface area (Å²) in [5.74, 6) is 0.447. The monoisotopic (exact) mass is 349 g/mol. The Morgan fingerprint density at radius 3 is 2.54 bits per heavy atom. The molecule has 26 heavy (non-hydrogen) atoms. The minimum Gasteiger partial charge on any atom is -0.361 e. The molecule has 0 aliphatic rings. The Bertz CT molecular complexity index is 839. The first kappa shape index (κ1) is 18.2. The zero-order valence-electron chi connectivity index (χ0n) is 15.5. The van der Waals surface area contributed by atoms with Crippen molar-refractivity contribution in [1.82, 2.24) is 15.6 Å². The van der Waals surface area contributed by atoms with Crippen LogP contribution in [0.15, 0.2) is 60.8 Å². The van der Waals surface area contributed by atoms with Crippen molar-refractivity contribution in [1.29, 1.82) is 0 Å². The lowest BCUT2D eigenvalue weighted by Gasteiger charge is -2.22. The van der Waals surface area contributed by atoms with Crippen LogP contribution in [0, 0.1) is 5.92 Å². The number of hydrogen-bond donors (Lipinski definition) is 3.